The maximum absolute atomic E-state index is 11.9. The Morgan fingerprint density at radius 3 is 1.50 bits per heavy atom. The molecule has 0 amide bonds. The molecule has 24 heavy (non-hydrogen) atoms. The van der Waals surface area contributed by atoms with Crippen LogP contribution in [0.25, 0.3) is 0 Å². The average molecular weight is 550 g/mol. The third-order valence-corrected chi connectivity index (χ3v) is 5.69. The standard InChI is InChI=1S/C18H16I2O4/c1-11-3-5-13(9-15(11)19)17(21)23-7-8-24-18(22)14-6-4-12(2)16(20)10-14/h3-6,9-10H,7-8H2,1-2H3. The SMILES string of the molecule is Cc1ccc(C(=O)OCCOC(=O)c2ccc(C)c(I)c2)cc1I. The molecule has 0 aliphatic carbocycles. The second-order valence-electron chi connectivity index (χ2n) is 5.20. The minimum Gasteiger partial charge on any atom is -0.458 e. The van der Waals surface area contributed by atoms with Gasteiger partial charge >= 0.3 is 11.9 Å². The van der Waals surface area contributed by atoms with E-state index >= 15 is 0 Å². The minimum atomic E-state index is -0.422. The summed E-state index contributed by atoms with van der Waals surface area (Å²) in [5, 5.41) is 0. The van der Waals surface area contributed by atoms with Crippen LogP contribution in [0.5, 0.6) is 0 Å². The highest BCUT2D eigenvalue weighted by Crippen LogP contribution is 2.15. The molecule has 0 atom stereocenters. The molecule has 0 spiro atoms. The molecule has 0 unspecified atom stereocenters. The lowest BCUT2D eigenvalue weighted by Crippen LogP contribution is -2.14. The van der Waals surface area contributed by atoms with Crippen LogP contribution in [-0.2, 0) is 9.47 Å². The highest BCUT2D eigenvalue weighted by molar-refractivity contribution is 14.1. The number of esters is 2. The molecule has 2 aromatic rings. The zero-order valence-corrected chi connectivity index (χ0v) is 17.6. The molecular weight excluding hydrogens is 534 g/mol. The Morgan fingerprint density at radius 2 is 1.17 bits per heavy atom. The van der Waals surface area contributed by atoms with Gasteiger partial charge in [0.25, 0.3) is 0 Å². The number of hydrogen-bond acceptors (Lipinski definition) is 4. The summed E-state index contributed by atoms with van der Waals surface area (Å²) >= 11 is 4.34. The zero-order valence-electron chi connectivity index (χ0n) is 13.3. The van der Waals surface area contributed by atoms with E-state index in [1.165, 1.54) is 0 Å². The van der Waals surface area contributed by atoms with E-state index in [9.17, 15) is 9.59 Å². The predicted octanol–water partition coefficient (Wildman–Crippen LogP) is 4.53. The number of aryl methyl sites for hydroxylation is 2. The van der Waals surface area contributed by atoms with E-state index in [0.717, 1.165) is 18.3 Å². The van der Waals surface area contributed by atoms with Gasteiger partial charge in [0.1, 0.15) is 13.2 Å². The van der Waals surface area contributed by atoms with Crippen LogP contribution in [-0.4, -0.2) is 25.2 Å². The van der Waals surface area contributed by atoms with Crippen LogP contribution < -0.4 is 0 Å². The molecule has 0 aliphatic heterocycles. The predicted molar refractivity (Wildman–Crippen MR) is 108 cm³/mol. The molecular formula is C18H16I2O4. The molecule has 0 saturated heterocycles. The molecule has 0 aliphatic rings. The number of carbonyl (C=O) groups excluding carboxylic acids is 2. The van der Waals surface area contributed by atoms with Gasteiger partial charge in [0.05, 0.1) is 11.1 Å². The van der Waals surface area contributed by atoms with E-state index in [4.69, 9.17) is 9.47 Å². The second-order valence-corrected chi connectivity index (χ2v) is 7.52. The summed E-state index contributed by atoms with van der Waals surface area (Å²) in [5.41, 5.74) is 3.19. The van der Waals surface area contributed by atoms with Crippen molar-refractivity contribution in [2.75, 3.05) is 13.2 Å². The van der Waals surface area contributed by atoms with E-state index in [2.05, 4.69) is 45.2 Å². The van der Waals surface area contributed by atoms with E-state index < -0.39 is 11.9 Å². The molecule has 0 aromatic heterocycles. The summed E-state index contributed by atoms with van der Waals surface area (Å²) in [6.45, 7) is 4.00. The Labute approximate surface area is 168 Å². The first kappa shape index (κ1) is 19.2. The summed E-state index contributed by atoms with van der Waals surface area (Å²) in [6, 6.07) is 10.7. The van der Waals surface area contributed by atoms with Crippen molar-refractivity contribution in [1.29, 1.82) is 0 Å². The van der Waals surface area contributed by atoms with Gasteiger partial charge in [-0.15, -0.1) is 0 Å². The molecule has 0 fully saturated rings. The lowest BCUT2D eigenvalue weighted by atomic mass is 10.1. The van der Waals surface area contributed by atoms with Crippen LogP contribution >= 0.6 is 45.2 Å². The number of hydrogen-bond donors (Lipinski definition) is 0. The lowest BCUT2D eigenvalue weighted by molar-refractivity contribution is 0.0265. The van der Waals surface area contributed by atoms with Gasteiger partial charge in [-0.25, -0.2) is 9.59 Å². The highest BCUT2D eigenvalue weighted by atomic mass is 127. The van der Waals surface area contributed by atoms with E-state index in [1.54, 1.807) is 24.3 Å². The van der Waals surface area contributed by atoms with Crippen LogP contribution in [0.15, 0.2) is 36.4 Å². The Bertz CT molecular complexity index is 706. The van der Waals surface area contributed by atoms with Gasteiger partial charge in [0.2, 0.25) is 0 Å². The molecule has 0 N–H and O–H groups in total. The van der Waals surface area contributed by atoms with Gasteiger partial charge in [-0.1, -0.05) is 12.1 Å². The van der Waals surface area contributed by atoms with Crippen LogP contribution in [0.1, 0.15) is 31.8 Å². The van der Waals surface area contributed by atoms with E-state index in [0.29, 0.717) is 11.1 Å². The summed E-state index contributed by atoms with van der Waals surface area (Å²) in [6.07, 6.45) is 0. The Balaban J connectivity index is 1.81. The molecule has 0 bridgehead atoms. The Hall–Kier alpha value is -1.16. The summed E-state index contributed by atoms with van der Waals surface area (Å²) < 4.78 is 12.3. The van der Waals surface area contributed by atoms with Gasteiger partial charge in [-0.2, -0.15) is 0 Å². The first-order valence-corrected chi connectivity index (χ1v) is 9.41. The fourth-order valence-corrected chi connectivity index (χ4v) is 2.91. The largest absolute Gasteiger partial charge is 0.458 e. The molecule has 126 valence electrons. The summed E-state index contributed by atoms with van der Waals surface area (Å²) in [7, 11) is 0. The molecule has 0 heterocycles. The number of halogens is 2. The second kappa shape index (κ2) is 8.80. The fourth-order valence-electron chi connectivity index (χ4n) is 1.88. The van der Waals surface area contributed by atoms with Crippen molar-refractivity contribution in [2.45, 2.75) is 13.8 Å². The molecule has 4 nitrogen and oxygen atoms in total. The van der Waals surface area contributed by atoms with Crippen LogP contribution in [0.2, 0.25) is 0 Å². The quantitative estimate of drug-likeness (QED) is 0.312. The van der Waals surface area contributed by atoms with Crippen molar-refractivity contribution in [3.8, 4) is 0 Å². The minimum absolute atomic E-state index is 0.0258. The molecule has 6 heteroatoms. The van der Waals surface area contributed by atoms with Crippen molar-refractivity contribution in [3.05, 3.63) is 65.8 Å². The van der Waals surface area contributed by atoms with Crippen molar-refractivity contribution < 1.29 is 19.1 Å². The Morgan fingerprint density at radius 1 is 0.792 bits per heavy atom. The molecule has 0 saturated carbocycles. The van der Waals surface area contributed by atoms with Crippen molar-refractivity contribution in [3.63, 3.8) is 0 Å². The first-order chi connectivity index (χ1) is 11.4. The first-order valence-electron chi connectivity index (χ1n) is 7.25. The van der Waals surface area contributed by atoms with E-state index in [-0.39, 0.29) is 13.2 Å². The highest BCUT2D eigenvalue weighted by Gasteiger charge is 2.11. The lowest BCUT2D eigenvalue weighted by Gasteiger charge is -2.08. The number of rotatable bonds is 5. The normalized spacial score (nSPS) is 10.3. The Kier molecular flexibility index (Phi) is 7.02. The van der Waals surface area contributed by atoms with Crippen molar-refractivity contribution in [2.24, 2.45) is 0 Å². The molecule has 2 rings (SSSR count). The van der Waals surface area contributed by atoms with Crippen molar-refractivity contribution in [1.82, 2.24) is 0 Å². The molecule has 2 aromatic carbocycles. The smallest absolute Gasteiger partial charge is 0.338 e. The van der Waals surface area contributed by atoms with Gasteiger partial charge < -0.3 is 9.47 Å². The molecule has 0 radical (unpaired) electrons. The maximum atomic E-state index is 11.9. The van der Waals surface area contributed by atoms with Crippen molar-refractivity contribution >= 4 is 57.1 Å². The third-order valence-electron chi connectivity index (χ3n) is 3.36. The fraction of sp³-hybridized carbons (Fsp3) is 0.222. The van der Waals surface area contributed by atoms with Gasteiger partial charge in [-0.05, 0) is 94.4 Å². The summed E-state index contributed by atoms with van der Waals surface area (Å²) in [5.74, 6) is -0.845. The van der Waals surface area contributed by atoms with Crippen LogP contribution in [0.3, 0.4) is 0 Å². The third kappa shape index (κ3) is 5.17. The van der Waals surface area contributed by atoms with Crippen LogP contribution in [0, 0.1) is 21.0 Å². The van der Waals surface area contributed by atoms with Gasteiger partial charge in [-0.3, -0.25) is 0 Å². The average Bonchev–Trinajstić information content (AvgIpc) is 2.56. The monoisotopic (exact) mass is 550 g/mol. The number of carbonyl (C=O) groups is 2. The number of benzene rings is 2. The van der Waals surface area contributed by atoms with E-state index in [1.807, 2.05) is 26.0 Å². The maximum Gasteiger partial charge on any atom is 0.338 e. The van der Waals surface area contributed by atoms with Gasteiger partial charge in [0, 0.05) is 7.14 Å². The topological polar surface area (TPSA) is 52.6 Å². The summed E-state index contributed by atoms with van der Waals surface area (Å²) in [4.78, 5) is 23.9. The zero-order chi connectivity index (χ0) is 17.7. The van der Waals surface area contributed by atoms with Gasteiger partial charge in [0.15, 0.2) is 0 Å². The van der Waals surface area contributed by atoms with Crippen LogP contribution in [0.4, 0.5) is 0 Å². The number of ether oxygens (including phenoxy) is 2.